The highest BCUT2D eigenvalue weighted by molar-refractivity contribution is 5.29. The van der Waals surface area contributed by atoms with Gasteiger partial charge in [0.15, 0.2) is 0 Å². The lowest BCUT2D eigenvalue weighted by atomic mass is 9.97. The van der Waals surface area contributed by atoms with Crippen LogP contribution < -0.4 is 5.32 Å². The van der Waals surface area contributed by atoms with Crippen molar-refractivity contribution in [2.75, 3.05) is 6.54 Å². The topological polar surface area (TPSA) is 12.0 Å². The molecular weight excluding hydrogens is 170 g/mol. The second-order valence-corrected chi connectivity index (χ2v) is 3.57. The lowest BCUT2D eigenvalue weighted by molar-refractivity contribution is 0.533. The van der Waals surface area contributed by atoms with Gasteiger partial charge in [0.2, 0.25) is 0 Å². The average Bonchev–Trinajstić information content (AvgIpc) is 2.26. The van der Waals surface area contributed by atoms with E-state index in [2.05, 4.69) is 50.4 Å². The maximum atomic E-state index is 3.52. The van der Waals surface area contributed by atoms with Crippen LogP contribution in [0.3, 0.4) is 0 Å². The van der Waals surface area contributed by atoms with E-state index in [1.54, 1.807) is 0 Å². The van der Waals surface area contributed by atoms with E-state index < -0.39 is 0 Å². The van der Waals surface area contributed by atoms with E-state index in [9.17, 15) is 0 Å². The Labute approximate surface area is 87.5 Å². The first-order valence-electron chi connectivity index (χ1n) is 5.64. The van der Waals surface area contributed by atoms with Crippen LogP contribution in [0.4, 0.5) is 0 Å². The molecule has 1 aromatic rings. The number of hydrogen-bond donors (Lipinski definition) is 1. The molecule has 1 aromatic carbocycles. The molecule has 0 aliphatic carbocycles. The average molecular weight is 191 g/mol. The van der Waals surface area contributed by atoms with Gasteiger partial charge < -0.3 is 5.32 Å². The molecule has 0 amide bonds. The Morgan fingerprint density at radius 3 is 2.43 bits per heavy atom. The van der Waals surface area contributed by atoms with Crippen molar-refractivity contribution in [2.24, 2.45) is 0 Å². The molecular formula is C13H21N. The molecule has 0 saturated heterocycles. The first kappa shape index (κ1) is 11.3. The molecule has 0 aliphatic heterocycles. The number of aryl methyl sites for hydroxylation is 1. The molecule has 1 atom stereocenters. The fourth-order valence-electron chi connectivity index (χ4n) is 1.92. The van der Waals surface area contributed by atoms with Gasteiger partial charge in [0.1, 0.15) is 0 Å². The van der Waals surface area contributed by atoms with E-state index in [1.807, 2.05) is 0 Å². The van der Waals surface area contributed by atoms with E-state index in [4.69, 9.17) is 0 Å². The highest BCUT2D eigenvalue weighted by Crippen LogP contribution is 2.20. The first-order chi connectivity index (χ1) is 6.83. The Balaban J connectivity index is 2.90. The lowest BCUT2D eigenvalue weighted by Crippen LogP contribution is -2.21. The van der Waals surface area contributed by atoms with Crippen LogP contribution in [0.1, 0.15) is 44.4 Å². The molecule has 0 bridgehead atoms. The summed E-state index contributed by atoms with van der Waals surface area (Å²) in [5.74, 6) is 0. The fraction of sp³-hybridized carbons (Fsp3) is 0.538. The Morgan fingerprint density at radius 2 is 1.86 bits per heavy atom. The standard InChI is InChI=1S/C13H21N/c1-4-11-9-7-8-10-12(11)13(5-2)14-6-3/h7-10,13-14H,4-6H2,1-3H3. The smallest absolute Gasteiger partial charge is 0.0320 e. The number of rotatable bonds is 5. The summed E-state index contributed by atoms with van der Waals surface area (Å²) in [5.41, 5.74) is 2.94. The van der Waals surface area contributed by atoms with Gasteiger partial charge in [-0.25, -0.2) is 0 Å². The van der Waals surface area contributed by atoms with Crippen molar-refractivity contribution in [1.29, 1.82) is 0 Å². The third-order valence-electron chi connectivity index (χ3n) is 2.67. The highest BCUT2D eigenvalue weighted by atomic mass is 14.9. The predicted molar refractivity (Wildman–Crippen MR) is 62.5 cm³/mol. The van der Waals surface area contributed by atoms with E-state index in [0.29, 0.717) is 6.04 Å². The van der Waals surface area contributed by atoms with Gasteiger partial charge >= 0.3 is 0 Å². The summed E-state index contributed by atoms with van der Waals surface area (Å²) in [6, 6.07) is 9.26. The minimum Gasteiger partial charge on any atom is -0.310 e. The normalized spacial score (nSPS) is 12.8. The highest BCUT2D eigenvalue weighted by Gasteiger charge is 2.10. The predicted octanol–water partition coefficient (Wildman–Crippen LogP) is 3.31. The SMILES string of the molecule is CCNC(CC)c1ccccc1CC. The fourth-order valence-corrected chi connectivity index (χ4v) is 1.92. The summed E-state index contributed by atoms with van der Waals surface area (Å²) in [5, 5.41) is 3.52. The molecule has 0 saturated carbocycles. The lowest BCUT2D eigenvalue weighted by Gasteiger charge is -2.19. The van der Waals surface area contributed by atoms with Crippen LogP contribution in [0.25, 0.3) is 0 Å². The minimum atomic E-state index is 0.524. The molecule has 78 valence electrons. The first-order valence-corrected chi connectivity index (χ1v) is 5.64. The van der Waals surface area contributed by atoms with Crippen LogP contribution in [0.5, 0.6) is 0 Å². The summed E-state index contributed by atoms with van der Waals surface area (Å²) in [7, 11) is 0. The molecule has 0 radical (unpaired) electrons. The molecule has 0 aliphatic rings. The van der Waals surface area contributed by atoms with Crippen LogP contribution in [-0.2, 0) is 6.42 Å². The summed E-state index contributed by atoms with van der Waals surface area (Å²) in [4.78, 5) is 0. The summed E-state index contributed by atoms with van der Waals surface area (Å²) in [6.45, 7) is 7.66. The van der Waals surface area contributed by atoms with Crippen molar-refractivity contribution in [3.05, 3.63) is 35.4 Å². The molecule has 0 spiro atoms. The van der Waals surface area contributed by atoms with E-state index in [1.165, 1.54) is 11.1 Å². The zero-order chi connectivity index (χ0) is 10.4. The molecule has 0 fully saturated rings. The number of benzene rings is 1. The van der Waals surface area contributed by atoms with Gasteiger partial charge in [0, 0.05) is 6.04 Å². The Kier molecular flexibility index (Phi) is 4.68. The van der Waals surface area contributed by atoms with Crippen molar-refractivity contribution in [1.82, 2.24) is 5.32 Å². The van der Waals surface area contributed by atoms with Crippen LogP contribution in [0.2, 0.25) is 0 Å². The van der Waals surface area contributed by atoms with E-state index >= 15 is 0 Å². The second-order valence-electron chi connectivity index (χ2n) is 3.57. The largest absolute Gasteiger partial charge is 0.310 e. The van der Waals surface area contributed by atoms with Crippen LogP contribution >= 0.6 is 0 Å². The maximum absolute atomic E-state index is 3.52. The summed E-state index contributed by atoms with van der Waals surface area (Å²) >= 11 is 0. The van der Waals surface area contributed by atoms with Gasteiger partial charge in [-0.05, 0) is 30.5 Å². The van der Waals surface area contributed by atoms with Crippen LogP contribution in [0, 0.1) is 0 Å². The Bertz CT molecular complexity index is 268. The zero-order valence-electron chi connectivity index (χ0n) is 9.51. The molecule has 14 heavy (non-hydrogen) atoms. The van der Waals surface area contributed by atoms with Crippen LogP contribution in [-0.4, -0.2) is 6.54 Å². The van der Waals surface area contributed by atoms with Crippen molar-refractivity contribution < 1.29 is 0 Å². The quantitative estimate of drug-likeness (QED) is 0.753. The van der Waals surface area contributed by atoms with E-state index in [0.717, 1.165) is 19.4 Å². The number of nitrogens with one attached hydrogen (secondary N) is 1. The van der Waals surface area contributed by atoms with Crippen molar-refractivity contribution >= 4 is 0 Å². The molecule has 0 aromatic heterocycles. The Hall–Kier alpha value is -0.820. The molecule has 1 rings (SSSR count). The summed E-state index contributed by atoms with van der Waals surface area (Å²) in [6.07, 6.45) is 2.28. The third kappa shape index (κ3) is 2.58. The molecule has 1 heteroatoms. The van der Waals surface area contributed by atoms with Gasteiger partial charge in [0.05, 0.1) is 0 Å². The number of hydrogen-bond acceptors (Lipinski definition) is 1. The molecule has 1 nitrogen and oxygen atoms in total. The minimum absolute atomic E-state index is 0.524. The Morgan fingerprint density at radius 1 is 1.14 bits per heavy atom. The van der Waals surface area contributed by atoms with Gasteiger partial charge in [-0.15, -0.1) is 0 Å². The van der Waals surface area contributed by atoms with Crippen LogP contribution in [0.15, 0.2) is 24.3 Å². The monoisotopic (exact) mass is 191 g/mol. The van der Waals surface area contributed by atoms with Crippen molar-refractivity contribution in [3.63, 3.8) is 0 Å². The van der Waals surface area contributed by atoms with Gasteiger partial charge in [0.25, 0.3) is 0 Å². The van der Waals surface area contributed by atoms with Crippen molar-refractivity contribution in [2.45, 2.75) is 39.7 Å². The van der Waals surface area contributed by atoms with Gasteiger partial charge in [-0.1, -0.05) is 45.0 Å². The molecule has 0 heterocycles. The third-order valence-corrected chi connectivity index (χ3v) is 2.67. The van der Waals surface area contributed by atoms with Crippen molar-refractivity contribution in [3.8, 4) is 0 Å². The second kappa shape index (κ2) is 5.82. The molecule has 1 N–H and O–H groups in total. The van der Waals surface area contributed by atoms with Gasteiger partial charge in [-0.3, -0.25) is 0 Å². The zero-order valence-corrected chi connectivity index (χ0v) is 9.51. The summed E-state index contributed by atoms with van der Waals surface area (Å²) < 4.78 is 0. The van der Waals surface area contributed by atoms with E-state index in [-0.39, 0.29) is 0 Å². The molecule has 1 unspecified atom stereocenters. The van der Waals surface area contributed by atoms with Gasteiger partial charge in [-0.2, -0.15) is 0 Å². The maximum Gasteiger partial charge on any atom is 0.0320 e.